The van der Waals surface area contributed by atoms with Gasteiger partial charge in [0.25, 0.3) is 0 Å². The number of ether oxygens (including phenoxy) is 2. The summed E-state index contributed by atoms with van der Waals surface area (Å²) in [4.78, 5) is 30.3. The van der Waals surface area contributed by atoms with Gasteiger partial charge in [0, 0.05) is 42.2 Å². The van der Waals surface area contributed by atoms with Gasteiger partial charge in [-0.25, -0.2) is 14.5 Å². The Morgan fingerprint density at radius 1 is 0.936 bits per heavy atom. The summed E-state index contributed by atoms with van der Waals surface area (Å²) in [5.74, 6) is 1.67. The van der Waals surface area contributed by atoms with E-state index in [-0.39, 0.29) is 24.5 Å². The summed E-state index contributed by atoms with van der Waals surface area (Å²) < 4.78 is 13.4. The van der Waals surface area contributed by atoms with E-state index in [4.69, 9.17) is 14.6 Å². The van der Waals surface area contributed by atoms with Gasteiger partial charge in [-0.15, -0.1) is 0 Å². The van der Waals surface area contributed by atoms with Gasteiger partial charge in [0.2, 0.25) is 5.91 Å². The predicted molar refractivity (Wildman–Crippen MR) is 184 cm³/mol. The number of carbonyl (C=O) groups excluding carboxylic acids is 2. The zero-order chi connectivity index (χ0) is 32.6. The Morgan fingerprint density at radius 2 is 1.72 bits per heavy atom. The summed E-state index contributed by atoms with van der Waals surface area (Å²) in [5, 5.41) is 15.5. The second-order valence-corrected chi connectivity index (χ2v) is 11.8. The van der Waals surface area contributed by atoms with E-state index in [1.165, 1.54) is 0 Å². The van der Waals surface area contributed by atoms with E-state index in [2.05, 4.69) is 27.9 Å². The Bertz CT molecular complexity index is 1850. The van der Waals surface area contributed by atoms with Crippen molar-refractivity contribution in [3.63, 3.8) is 0 Å². The van der Waals surface area contributed by atoms with Crippen LogP contribution in [0, 0.1) is 12.8 Å². The first kappa shape index (κ1) is 31.7. The number of aryl methyl sites for hydroxylation is 2. The van der Waals surface area contributed by atoms with Gasteiger partial charge in [-0.1, -0.05) is 55.3 Å². The van der Waals surface area contributed by atoms with E-state index in [1.807, 2.05) is 85.8 Å². The van der Waals surface area contributed by atoms with Crippen LogP contribution in [0.4, 0.5) is 22.1 Å². The average Bonchev–Trinajstić information content (AvgIpc) is 3.49. The number of rotatable bonds is 11. The van der Waals surface area contributed by atoms with Crippen LogP contribution in [0.3, 0.4) is 0 Å². The van der Waals surface area contributed by atoms with Crippen molar-refractivity contribution in [3.8, 4) is 11.4 Å². The number of aromatic nitrogens is 3. The van der Waals surface area contributed by atoms with Crippen molar-refractivity contribution < 1.29 is 19.1 Å². The molecular formula is C37H40N6O4. The van der Waals surface area contributed by atoms with Gasteiger partial charge in [0.05, 0.1) is 17.1 Å². The first-order valence-corrected chi connectivity index (χ1v) is 16.2. The number of amides is 3. The van der Waals surface area contributed by atoms with E-state index in [9.17, 15) is 9.59 Å². The predicted octanol–water partition coefficient (Wildman–Crippen LogP) is 7.66. The summed E-state index contributed by atoms with van der Waals surface area (Å²) >= 11 is 0. The van der Waals surface area contributed by atoms with E-state index >= 15 is 0 Å². The Labute approximate surface area is 274 Å². The standard InChI is InChI=1S/C37H40N6O4/c1-3-4-7-28-23-35(43(42-28)29-12-10-25(2)11-13-29)41-37(45)39-32-14-15-33(31-9-6-5-8-30(31)32)47-24-26-16-19-38-34(22-26)40-36(44)27-17-20-46-21-18-27/h5-6,8-16,19,22-23,27H,3-4,7,17-18,20-21,24H2,1-2H3,(H,38,40,44)(H2,39,41,45). The van der Waals surface area contributed by atoms with Crippen molar-refractivity contribution in [3.05, 3.63) is 102 Å². The van der Waals surface area contributed by atoms with E-state index in [1.54, 1.807) is 10.9 Å². The number of carbonyl (C=O) groups is 2. The lowest BCUT2D eigenvalue weighted by Crippen LogP contribution is -2.28. The van der Waals surface area contributed by atoms with Crippen molar-refractivity contribution in [2.45, 2.75) is 52.6 Å². The third kappa shape index (κ3) is 7.96. The molecule has 1 fully saturated rings. The van der Waals surface area contributed by atoms with Crippen molar-refractivity contribution in [1.29, 1.82) is 0 Å². The van der Waals surface area contributed by atoms with Crippen molar-refractivity contribution in [2.24, 2.45) is 5.92 Å². The number of hydrogen-bond acceptors (Lipinski definition) is 6. The van der Waals surface area contributed by atoms with E-state index in [0.717, 1.165) is 52.5 Å². The summed E-state index contributed by atoms with van der Waals surface area (Å²) in [7, 11) is 0. The number of hydrogen-bond donors (Lipinski definition) is 3. The molecular weight excluding hydrogens is 592 g/mol. The maximum absolute atomic E-state index is 13.4. The number of nitrogens with one attached hydrogen (secondary N) is 3. The molecule has 3 heterocycles. The zero-order valence-corrected chi connectivity index (χ0v) is 26.8. The number of anilines is 3. The number of pyridine rings is 1. The molecule has 1 aliphatic heterocycles. The van der Waals surface area contributed by atoms with Gasteiger partial charge in [-0.3, -0.25) is 10.1 Å². The Balaban J connectivity index is 1.14. The fraction of sp³-hybridized carbons (Fsp3) is 0.297. The molecule has 5 aromatic rings. The van der Waals surface area contributed by atoms with Crippen LogP contribution in [0.2, 0.25) is 0 Å². The average molecular weight is 633 g/mol. The highest BCUT2D eigenvalue weighted by Crippen LogP contribution is 2.32. The maximum atomic E-state index is 13.4. The molecule has 0 atom stereocenters. The molecule has 0 bridgehead atoms. The molecule has 3 aromatic carbocycles. The Kier molecular flexibility index (Phi) is 10.1. The molecule has 10 nitrogen and oxygen atoms in total. The van der Waals surface area contributed by atoms with Crippen LogP contribution in [-0.2, 0) is 22.6 Å². The quantitative estimate of drug-likeness (QED) is 0.138. The van der Waals surface area contributed by atoms with Gasteiger partial charge in [0.1, 0.15) is 24.0 Å². The maximum Gasteiger partial charge on any atom is 0.324 e. The molecule has 0 saturated carbocycles. The molecule has 1 saturated heterocycles. The number of fused-ring (bicyclic) bond motifs is 1. The molecule has 1 aliphatic rings. The molecule has 3 amide bonds. The smallest absolute Gasteiger partial charge is 0.324 e. The van der Waals surface area contributed by atoms with E-state index < -0.39 is 0 Å². The van der Waals surface area contributed by atoms with Crippen LogP contribution >= 0.6 is 0 Å². The fourth-order valence-corrected chi connectivity index (χ4v) is 5.64. The summed E-state index contributed by atoms with van der Waals surface area (Å²) in [6.07, 6.45) is 6.01. The highest BCUT2D eigenvalue weighted by atomic mass is 16.5. The lowest BCUT2D eigenvalue weighted by Gasteiger charge is -2.21. The number of nitrogens with zero attached hydrogens (tertiary/aromatic N) is 3. The third-order valence-corrected chi connectivity index (χ3v) is 8.26. The first-order chi connectivity index (χ1) is 23.0. The topological polar surface area (TPSA) is 119 Å². The minimum Gasteiger partial charge on any atom is -0.488 e. The summed E-state index contributed by atoms with van der Waals surface area (Å²) in [5.41, 5.74) is 4.48. The van der Waals surface area contributed by atoms with Crippen LogP contribution in [0.1, 0.15) is 49.4 Å². The van der Waals surface area contributed by atoms with Gasteiger partial charge in [-0.05, 0) is 74.6 Å². The monoisotopic (exact) mass is 632 g/mol. The molecule has 242 valence electrons. The number of benzene rings is 3. The van der Waals surface area contributed by atoms with Crippen molar-refractivity contribution in [1.82, 2.24) is 14.8 Å². The Morgan fingerprint density at radius 3 is 2.51 bits per heavy atom. The molecule has 0 radical (unpaired) electrons. The third-order valence-electron chi connectivity index (χ3n) is 8.26. The van der Waals surface area contributed by atoms with E-state index in [0.29, 0.717) is 49.1 Å². The summed E-state index contributed by atoms with van der Waals surface area (Å²) in [6, 6.07) is 24.8. The highest BCUT2D eigenvalue weighted by Gasteiger charge is 2.22. The molecule has 0 unspecified atom stereocenters. The zero-order valence-electron chi connectivity index (χ0n) is 26.8. The van der Waals surface area contributed by atoms with Crippen LogP contribution in [0.25, 0.3) is 16.5 Å². The van der Waals surface area contributed by atoms with Crippen LogP contribution in [0.15, 0.2) is 85.1 Å². The van der Waals surface area contributed by atoms with Crippen LogP contribution in [-0.4, -0.2) is 39.9 Å². The SMILES string of the molecule is CCCCc1cc(NC(=O)Nc2ccc(OCc3ccnc(NC(=O)C4CCOCC4)c3)c3ccccc23)n(-c2ccc(C)cc2)n1. The lowest BCUT2D eigenvalue weighted by molar-refractivity contribution is -0.122. The van der Waals surface area contributed by atoms with Gasteiger partial charge in [0.15, 0.2) is 0 Å². The molecule has 0 aliphatic carbocycles. The van der Waals surface area contributed by atoms with Crippen molar-refractivity contribution in [2.75, 3.05) is 29.2 Å². The molecule has 10 heteroatoms. The molecule has 2 aromatic heterocycles. The second-order valence-electron chi connectivity index (χ2n) is 11.8. The fourth-order valence-electron chi connectivity index (χ4n) is 5.64. The van der Waals surface area contributed by atoms with Crippen molar-refractivity contribution >= 4 is 40.0 Å². The first-order valence-electron chi connectivity index (χ1n) is 16.2. The minimum atomic E-state index is -0.369. The number of unbranched alkanes of at least 4 members (excludes halogenated alkanes) is 1. The number of urea groups is 1. The Hall–Kier alpha value is -5.22. The van der Waals surface area contributed by atoms with Crippen LogP contribution < -0.4 is 20.7 Å². The van der Waals surface area contributed by atoms with Gasteiger partial charge in [-0.2, -0.15) is 5.10 Å². The minimum absolute atomic E-state index is 0.0338. The lowest BCUT2D eigenvalue weighted by atomic mass is 9.99. The van der Waals surface area contributed by atoms with Crippen LogP contribution in [0.5, 0.6) is 5.75 Å². The molecule has 3 N–H and O–H groups in total. The molecule has 0 spiro atoms. The van der Waals surface area contributed by atoms with Gasteiger partial charge < -0.3 is 20.1 Å². The second kappa shape index (κ2) is 14.9. The highest BCUT2D eigenvalue weighted by molar-refractivity contribution is 6.07. The summed E-state index contributed by atoms with van der Waals surface area (Å²) in [6.45, 7) is 5.68. The van der Waals surface area contributed by atoms with Gasteiger partial charge >= 0.3 is 6.03 Å². The largest absolute Gasteiger partial charge is 0.488 e. The normalized spacial score (nSPS) is 13.3. The molecule has 47 heavy (non-hydrogen) atoms. The molecule has 6 rings (SSSR count).